The number of benzene rings is 2. The normalized spacial score (nSPS) is 19.1. The van der Waals surface area contributed by atoms with Gasteiger partial charge in [0, 0.05) is 0 Å². The van der Waals surface area contributed by atoms with Crippen molar-refractivity contribution in [1.29, 1.82) is 0 Å². The predicted molar refractivity (Wildman–Crippen MR) is 140 cm³/mol. The van der Waals surface area contributed by atoms with Crippen LogP contribution in [0.2, 0.25) is 0 Å². The zero-order valence-corrected chi connectivity index (χ0v) is 25.3. The van der Waals surface area contributed by atoms with E-state index in [0.29, 0.717) is 12.8 Å². The Morgan fingerprint density at radius 3 is 2.00 bits per heavy atom. The van der Waals surface area contributed by atoms with Crippen molar-refractivity contribution in [3.8, 4) is 0 Å². The molecule has 0 radical (unpaired) electrons. The summed E-state index contributed by atoms with van der Waals surface area (Å²) < 4.78 is 38.2. The van der Waals surface area contributed by atoms with Gasteiger partial charge in [-0.1, -0.05) is 0 Å². The van der Waals surface area contributed by atoms with Crippen molar-refractivity contribution < 1.29 is 48.5 Å². The number of carbonyl (C=O) groups is 2. The summed E-state index contributed by atoms with van der Waals surface area (Å²) in [5.74, 6) is -2.61. The summed E-state index contributed by atoms with van der Waals surface area (Å²) in [6.45, 7) is 10.5. The Kier molecular flexibility index (Phi) is 9.61. The fourth-order valence-corrected chi connectivity index (χ4v) is 7.21. The van der Waals surface area contributed by atoms with Crippen molar-refractivity contribution in [1.82, 2.24) is 0 Å². The van der Waals surface area contributed by atoms with Gasteiger partial charge in [-0.15, -0.1) is 0 Å². The molecule has 0 bridgehead atoms. The fraction of sp³-hybridized carbons (Fsp3) is 0.517. The molecule has 2 aromatic rings. The molecule has 3 rings (SSSR count). The number of Topliss-reactive ketones (excluding diaryl/α,β-unsaturated/α-hetero) is 1. The minimum absolute atomic E-state index is 0.127. The quantitative estimate of drug-likeness (QED) is 0.195. The van der Waals surface area contributed by atoms with Gasteiger partial charge >= 0.3 is 204 Å². The second kappa shape index (κ2) is 11.9. The maximum atomic E-state index is 13.1. The first-order valence-electron chi connectivity index (χ1n) is 12.7. The summed E-state index contributed by atoms with van der Waals surface area (Å²) in [6, 6.07) is 17.6. The van der Waals surface area contributed by atoms with Crippen LogP contribution in [0.15, 0.2) is 48.5 Å². The molecule has 1 fully saturated rings. The molecule has 37 heavy (non-hydrogen) atoms. The summed E-state index contributed by atoms with van der Waals surface area (Å²) in [7, 11) is -4.22. The van der Waals surface area contributed by atoms with Crippen molar-refractivity contribution >= 4 is 21.9 Å². The maximum absolute atomic E-state index is 13.1. The fourth-order valence-electron chi connectivity index (χ4n) is 4.76. The molecule has 6 nitrogen and oxygen atoms in total. The molecule has 1 aliphatic rings. The average Bonchev–Trinajstić information content (AvgIpc) is 2.79. The Hall–Kier alpha value is -1.78. The number of carbonyl (C=O) groups excluding carboxylic acids is 2. The second-order valence-electron chi connectivity index (χ2n) is 11.5. The van der Waals surface area contributed by atoms with Crippen molar-refractivity contribution in [3.05, 3.63) is 66.8 Å². The van der Waals surface area contributed by atoms with Gasteiger partial charge in [-0.3, -0.25) is 4.55 Å². The summed E-state index contributed by atoms with van der Waals surface area (Å²) in [5, 5.41) is 0. The number of hydrogen-bond donors (Lipinski definition) is 1. The van der Waals surface area contributed by atoms with Crippen LogP contribution in [-0.4, -0.2) is 37.1 Å². The third kappa shape index (κ3) is 8.61. The number of esters is 1. The van der Waals surface area contributed by atoms with Crippen LogP contribution in [0.4, 0.5) is 0 Å². The molecule has 0 saturated heterocycles. The second-order valence-corrected chi connectivity index (χ2v) is 16.1. The molecule has 1 saturated carbocycles. The van der Waals surface area contributed by atoms with Gasteiger partial charge in [0.1, 0.15) is 5.75 Å². The van der Waals surface area contributed by atoms with E-state index in [4.69, 9.17) is 9.29 Å². The van der Waals surface area contributed by atoms with Crippen LogP contribution in [0.3, 0.4) is 0 Å². The SMILES string of the molecule is CC(C)(C)c1ccc([I-]c2ccc(C(C)(C)CC3CCCC(C(=O)OCCS(=O)(=O)O)C3=O)cc2)cc1. The van der Waals surface area contributed by atoms with E-state index in [9.17, 15) is 18.0 Å². The molecule has 2 aromatic carbocycles. The van der Waals surface area contributed by atoms with Gasteiger partial charge in [0.15, 0.2) is 0 Å². The van der Waals surface area contributed by atoms with Crippen LogP contribution in [0, 0.1) is 19.0 Å². The van der Waals surface area contributed by atoms with Crippen LogP contribution in [0.25, 0.3) is 0 Å². The van der Waals surface area contributed by atoms with E-state index >= 15 is 0 Å². The first kappa shape index (κ1) is 29.8. The van der Waals surface area contributed by atoms with Crippen molar-refractivity contribution in [2.24, 2.45) is 11.8 Å². The van der Waals surface area contributed by atoms with Gasteiger partial charge < -0.3 is 0 Å². The molecule has 2 unspecified atom stereocenters. The van der Waals surface area contributed by atoms with Crippen LogP contribution in [0.5, 0.6) is 0 Å². The molecule has 2 atom stereocenters. The molecule has 1 N–H and O–H groups in total. The molecule has 204 valence electrons. The molecule has 0 amide bonds. The van der Waals surface area contributed by atoms with Crippen LogP contribution < -0.4 is 21.2 Å². The van der Waals surface area contributed by atoms with E-state index in [1.165, 1.54) is 12.7 Å². The number of halogens is 1. The first-order chi connectivity index (χ1) is 17.2. The van der Waals surface area contributed by atoms with E-state index < -0.39 is 34.4 Å². The molecular formula is C29H38IO6S-. The molecule has 0 aromatic heterocycles. The number of rotatable bonds is 9. The Morgan fingerprint density at radius 1 is 0.946 bits per heavy atom. The number of hydrogen-bond acceptors (Lipinski definition) is 5. The minimum atomic E-state index is -4.22. The predicted octanol–water partition coefficient (Wildman–Crippen LogP) is 2.20. The van der Waals surface area contributed by atoms with E-state index in [1.54, 1.807) is 0 Å². The van der Waals surface area contributed by atoms with Crippen molar-refractivity contribution in [2.75, 3.05) is 12.4 Å². The van der Waals surface area contributed by atoms with Crippen LogP contribution >= 0.6 is 0 Å². The molecule has 0 aliphatic heterocycles. The van der Waals surface area contributed by atoms with Gasteiger partial charge in [0.05, 0.1) is 0 Å². The van der Waals surface area contributed by atoms with E-state index in [-0.39, 0.29) is 43.7 Å². The van der Waals surface area contributed by atoms with Crippen molar-refractivity contribution in [2.45, 2.75) is 71.1 Å². The molecular weight excluding hydrogens is 603 g/mol. The Morgan fingerprint density at radius 2 is 1.49 bits per heavy atom. The molecule has 0 heterocycles. The monoisotopic (exact) mass is 641 g/mol. The zero-order valence-electron chi connectivity index (χ0n) is 22.3. The topological polar surface area (TPSA) is 97.7 Å². The van der Waals surface area contributed by atoms with E-state index in [1.807, 2.05) is 0 Å². The average molecular weight is 642 g/mol. The molecule has 8 heteroatoms. The van der Waals surface area contributed by atoms with Gasteiger partial charge in [0.2, 0.25) is 0 Å². The third-order valence-corrected chi connectivity index (χ3v) is 10.3. The standard InChI is InChI=1S/C29H38IO6S/c1-28(2,3)21-9-13-23(14-10-21)30-24-15-11-22(12-16-24)29(4,5)19-20-7-6-8-25(26(20)31)27(32)36-17-18-37(33,34)35/h9-16,20,25H,6-8,17-19H2,1-5H3,(H,33,34,35)/q-1. The van der Waals surface area contributed by atoms with Crippen LogP contribution in [-0.2, 0) is 35.3 Å². The Bertz CT molecular complexity index is 1190. The zero-order chi connectivity index (χ0) is 27.4. The van der Waals surface area contributed by atoms with E-state index in [2.05, 4.69) is 83.1 Å². The van der Waals surface area contributed by atoms with Gasteiger partial charge in [0.25, 0.3) is 10.1 Å². The third-order valence-electron chi connectivity index (χ3n) is 6.97. The van der Waals surface area contributed by atoms with Gasteiger partial charge in [-0.25, -0.2) is 0 Å². The summed E-state index contributed by atoms with van der Waals surface area (Å²) in [5.41, 5.74) is 2.40. The van der Waals surface area contributed by atoms with Crippen LogP contribution in [0.1, 0.15) is 71.4 Å². The Labute approximate surface area is 231 Å². The number of ether oxygens (including phenoxy) is 1. The first-order valence-corrected chi connectivity index (χ1v) is 16.4. The summed E-state index contributed by atoms with van der Waals surface area (Å²) >= 11 is -0.281. The summed E-state index contributed by atoms with van der Waals surface area (Å²) in [6.07, 6.45) is 2.51. The Balaban J connectivity index is 1.61. The number of ketones is 1. The van der Waals surface area contributed by atoms with Gasteiger partial charge in [-0.05, 0) is 0 Å². The molecule has 0 spiro atoms. The van der Waals surface area contributed by atoms with Gasteiger partial charge in [-0.2, -0.15) is 8.42 Å². The summed E-state index contributed by atoms with van der Waals surface area (Å²) in [4.78, 5) is 25.5. The molecule has 1 aliphatic carbocycles. The van der Waals surface area contributed by atoms with Crippen molar-refractivity contribution in [3.63, 3.8) is 0 Å². The van der Waals surface area contributed by atoms with E-state index in [0.717, 1.165) is 18.4 Å².